The Morgan fingerprint density at radius 1 is 1.24 bits per heavy atom. The molecule has 0 spiro atoms. The zero-order valence-electron chi connectivity index (χ0n) is 13.5. The number of nitrogens with zero attached hydrogens (tertiary/aromatic N) is 1. The normalized spacial score (nSPS) is 16.4. The maximum atomic E-state index is 5.90. The van der Waals surface area contributed by atoms with E-state index in [-0.39, 0.29) is 12.4 Å². The first kappa shape index (κ1) is 18.3. The summed E-state index contributed by atoms with van der Waals surface area (Å²) in [6.45, 7) is 13.0. The molecule has 1 aliphatic rings. The molecule has 0 bridgehead atoms. The third-order valence-corrected chi connectivity index (χ3v) is 3.97. The van der Waals surface area contributed by atoms with Crippen molar-refractivity contribution in [3.05, 3.63) is 29.3 Å². The van der Waals surface area contributed by atoms with Gasteiger partial charge in [-0.05, 0) is 55.6 Å². The van der Waals surface area contributed by atoms with Crippen LogP contribution in [0.15, 0.2) is 18.2 Å². The van der Waals surface area contributed by atoms with Gasteiger partial charge in [-0.3, -0.25) is 4.90 Å². The molecule has 1 aromatic rings. The predicted molar refractivity (Wildman–Crippen MR) is 91.9 cm³/mol. The van der Waals surface area contributed by atoms with E-state index < -0.39 is 0 Å². The maximum absolute atomic E-state index is 5.90. The van der Waals surface area contributed by atoms with Gasteiger partial charge in [-0.2, -0.15) is 0 Å². The second kappa shape index (κ2) is 9.29. The Hall–Kier alpha value is -0.770. The molecule has 3 nitrogen and oxygen atoms in total. The van der Waals surface area contributed by atoms with Crippen molar-refractivity contribution in [1.82, 2.24) is 10.2 Å². The fraction of sp³-hybridized carbons (Fsp3) is 0.647. The predicted octanol–water partition coefficient (Wildman–Crippen LogP) is 3.21. The first-order valence-electron chi connectivity index (χ1n) is 7.83. The van der Waals surface area contributed by atoms with Gasteiger partial charge < -0.3 is 10.1 Å². The molecule has 0 aromatic heterocycles. The van der Waals surface area contributed by atoms with Crippen molar-refractivity contribution in [3.63, 3.8) is 0 Å². The summed E-state index contributed by atoms with van der Waals surface area (Å²) in [7, 11) is 0. The van der Waals surface area contributed by atoms with Crippen LogP contribution < -0.4 is 10.1 Å². The first-order chi connectivity index (χ1) is 9.66. The molecular formula is C17H29ClN2O. The van der Waals surface area contributed by atoms with E-state index in [1.807, 2.05) is 0 Å². The average Bonchev–Trinajstić information content (AvgIpc) is 2.67. The van der Waals surface area contributed by atoms with Gasteiger partial charge in [0.15, 0.2) is 0 Å². The van der Waals surface area contributed by atoms with Gasteiger partial charge in [0.1, 0.15) is 12.4 Å². The molecule has 0 aliphatic carbocycles. The lowest BCUT2D eigenvalue weighted by atomic mass is 9.98. The Morgan fingerprint density at radius 2 is 2.05 bits per heavy atom. The summed E-state index contributed by atoms with van der Waals surface area (Å²) in [6, 6.07) is 6.47. The summed E-state index contributed by atoms with van der Waals surface area (Å²) in [6.07, 6.45) is 1.24. The Morgan fingerprint density at radius 3 is 2.76 bits per heavy atom. The van der Waals surface area contributed by atoms with Gasteiger partial charge in [0.05, 0.1) is 0 Å². The van der Waals surface area contributed by atoms with E-state index >= 15 is 0 Å². The summed E-state index contributed by atoms with van der Waals surface area (Å²) in [5.41, 5.74) is 2.74. The van der Waals surface area contributed by atoms with Crippen molar-refractivity contribution in [1.29, 1.82) is 0 Å². The zero-order valence-corrected chi connectivity index (χ0v) is 14.3. The highest BCUT2D eigenvalue weighted by Gasteiger charge is 2.09. The summed E-state index contributed by atoms with van der Waals surface area (Å²) < 4.78 is 5.90. The summed E-state index contributed by atoms with van der Waals surface area (Å²) >= 11 is 0. The second-order valence-corrected chi connectivity index (χ2v) is 5.97. The highest BCUT2D eigenvalue weighted by molar-refractivity contribution is 5.85. The molecule has 0 atom stereocenters. The van der Waals surface area contributed by atoms with Crippen molar-refractivity contribution in [3.8, 4) is 5.75 Å². The van der Waals surface area contributed by atoms with Gasteiger partial charge in [0.25, 0.3) is 0 Å². The zero-order chi connectivity index (χ0) is 14.4. The van der Waals surface area contributed by atoms with Crippen LogP contribution >= 0.6 is 12.4 Å². The number of benzene rings is 1. The lowest BCUT2D eigenvalue weighted by Crippen LogP contribution is -2.31. The average molecular weight is 313 g/mol. The van der Waals surface area contributed by atoms with Crippen molar-refractivity contribution in [2.75, 3.05) is 39.3 Å². The van der Waals surface area contributed by atoms with Crippen LogP contribution in [0.1, 0.15) is 37.3 Å². The third-order valence-electron chi connectivity index (χ3n) is 3.97. The number of hydrogen-bond acceptors (Lipinski definition) is 3. The topological polar surface area (TPSA) is 24.5 Å². The third kappa shape index (κ3) is 5.85. The number of aryl methyl sites for hydroxylation is 1. The number of halogens is 1. The van der Waals surface area contributed by atoms with Crippen LogP contribution in [-0.2, 0) is 0 Å². The van der Waals surface area contributed by atoms with Gasteiger partial charge in [-0.1, -0.05) is 19.9 Å². The quantitative estimate of drug-likeness (QED) is 0.903. The molecule has 120 valence electrons. The van der Waals surface area contributed by atoms with Crippen LogP contribution in [-0.4, -0.2) is 44.2 Å². The van der Waals surface area contributed by atoms with E-state index in [2.05, 4.69) is 49.2 Å². The molecule has 21 heavy (non-hydrogen) atoms. The standard InChI is InChI=1S/C17H28N2O.ClH/c1-14(2)17-6-5-16(13-15(17)3)20-12-11-19-9-4-7-18-8-10-19;/h5-6,13-14,18H,4,7-12H2,1-3H3;1H. The van der Waals surface area contributed by atoms with Gasteiger partial charge in [0.2, 0.25) is 0 Å². The van der Waals surface area contributed by atoms with Crippen LogP contribution in [0.5, 0.6) is 5.75 Å². The minimum Gasteiger partial charge on any atom is -0.492 e. The Kier molecular flexibility index (Phi) is 8.09. The largest absolute Gasteiger partial charge is 0.492 e. The summed E-state index contributed by atoms with van der Waals surface area (Å²) in [5, 5.41) is 3.43. The van der Waals surface area contributed by atoms with E-state index in [9.17, 15) is 0 Å². The summed E-state index contributed by atoms with van der Waals surface area (Å²) in [4.78, 5) is 2.48. The molecule has 1 heterocycles. The van der Waals surface area contributed by atoms with E-state index in [1.54, 1.807) is 0 Å². The molecule has 0 unspecified atom stereocenters. The van der Waals surface area contributed by atoms with Gasteiger partial charge in [-0.25, -0.2) is 0 Å². The lowest BCUT2D eigenvalue weighted by molar-refractivity contribution is 0.217. The van der Waals surface area contributed by atoms with Crippen molar-refractivity contribution in [2.24, 2.45) is 0 Å². The Balaban J connectivity index is 0.00000220. The van der Waals surface area contributed by atoms with Crippen LogP contribution in [0.3, 0.4) is 0 Å². The van der Waals surface area contributed by atoms with Crippen molar-refractivity contribution < 1.29 is 4.74 Å². The number of ether oxygens (including phenoxy) is 1. The van der Waals surface area contributed by atoms with Crippen molar-refractivity contribution >= 4 is 12.4 Å². The van der Waals surface area contributed by atoms with Gasteiger partial charge >= 0.3 is 0 Å². The number of hydrogen-bond donors (Lipinski definition) is 1. The minimum atomic E-state index is 0. The Labute approximate surface area is 135 Å². The molecule has 1 aromatic carbocycles. The van der Waals surface area contributed by atoms with Gasteiger partial charge in [0, 0.05) is 19.6 Å². The maximum Gasteiger partial charge on any atom is 0.119 e. The molecule has 4 heteroatoms. The van der Waals surface area contributed by atoms with Crippen LogP contribution in [0.25, 0.3) is 0 Å². The molecule has 0 saturated carbocycles. The second-order valence-electron chi connectivity index (χ2n) is 5.97. The molecule has 0 amide bonds. The number of rotatable bonds is 5. The highest BCUT2D eigenvalue weighted by Crippen LogP contribution is 2.23. The lowest BCUT2D eigenvalue weighted by Gasteiger charge is -2.19. The van der Waals surface area contributed by atoms with E-state index in [0.717, 1.165) is 38.5 Å². The summed E-state index contributed by atoms with van der Waals surface area (Å²) in [5.74, 6) is 1.58. The molecule has 0 radical (unpaired) electrons. The molecule has 1 aliphatic heterocycles. The Bertz CT molecular complexity index is 415. The van der Waals surface area contributed by atoms with Crippen LogP contribution in [0, 0.1) is 6.92 Å². The smallest absolute Gasteiger partial charge is 0.119 e. The fourth-order valence-electron chi connectivity index (χ4n) is 2.80. The molecule has 2 rings (SSSR count). The SMILES string of the molecule is Cc1cc(OCCN2CCCNCC2)ccc1C(C)C.Cl. The van der Waals surface area contributed by atoms with E-state index in [4.69, 9.17) is 4.74 Å². The molecule has 1 fully saturated rings. The van der Waals surface area contributed by atoms with Crippen molar-refractivity contribution in [2.45, 2.75) is 33.1 Å². The fourth-order valence-corrected chi connectivity index (χ4v) is 2.80. The van der Waals surface area contributed by atoms with Gasteiger partial charge in [-0.15, -0.1) is 12.4 Å². The molecular weight excluding hydrogens is 284 g/mol. The number of nitrogens with one attached hydrogen (secondary N) is 1. The van der Waals surface area contributed by atoms with E-state index in [0.29, 0.717) is 5.92 Å². The molecule has 1 saturated heterocycles. The minimum absolute atomic E-state index is 0. The first-order valence-corrected chi connectivity index (χ1v) is 7.83. The monoisotopic (exact) mass is 312 g/mol. The highest BCUT2D eigenvalue weighted by atomic mass is 35.5. The van der Waals surface area contributed by atoms with Crippen LogP contribution in [0.4, 0.5) is 0 Å². The van der Waals surface area contributed by atoms with E-state index in [1.165, 1.54) is 24.1 Å². The van der Waals surface area contributed by atoms with Crippen LogP contribution in [0.2, 0.25) is 0 Å². The molecule has 1 N–H and O–H groups in total.